The fraction of sp³-hybridized carbons (Fsp3) is 0.188. The molecule has 1 heterocycles. The van der Waals surface area contributed by atoms with Crippen molar-refractivity contribution in [2.75, 3.05) is 18.5 Å². The molecule has 0 bridgehead atoms. The van der Waals surface area contributed by atoms with Crippen LogP contribution in [-0.2, 0) is 4.79 Å². The van der Waals surface area contributed by atoms with Gasteiger partial charge in [-0.15, -0.1) is 0 Å². The maximum atomic E-state index is 11.8. The number of pyridine rings is 1. The molecule has 0 aliphatic heterocycles. The molecule has 0 aliphatic rings. The molecular formula is C16H17N3O3. The molecule has 6 heteroatoms. The topological polar surface area (TPSA) is 80.3 Å². The second kappa shape index (κ2) is 7.78. The van der Waals surface area contributed by atoms with Gasteiger partial charge < -0.3 is 15.4 Å². The van der Waals surface area contributed by atoms with Gasteiger partial charge in [0, 0.05) is 18.1 Å². The minimum atomic E-state index is -0.338. The van der Waals surface area contributed by atoms with E-state index in [1.807, 2.05) is 6.92 Å². The summed E-state index contributed by atoms with van der Waals surface area (Å²) in [5.41, 5.74) is 1.06. The van der Waals surface area contributed by atoms with Gasteiger partial charge in [0.05, 0.1) is 18.7 Å². The highest BCUT2D eigenvalue weighted by atomic mass is 16.5. The van der Waals surface area contributed by atoms with Crippen molar-refractivity contribution in [3.63, 3.8) is 0 Å². The van der Waals surface area contributed by atoms with Crippen molar-refractivity contribution in [3.05, 3.63) is 54.4 Å². The Kier molecular flexibility index (Phi) is 5.48. The Morgan fingerprint density at radius 3 is 2.59 bits per heavy atom. The van der Waals surface area contributed by atoms with Crippen molar-refractivity contribution < 1.29 is 14.3 Å². The van der Waals surface area contributed by atoms with Gasteiger partial charge in [-0.3, -0.25) is 14.6 Å². The Labute approximate surface area is 128 Å². The van der Waals surface area contributed by atoms with Crippen molar-refractivity contribution in [1.29, 1.82) is 0 Å². The number of aromatic nitrogens is 1. The Morgan fingerprint density at radius 2 is 1.95 bits per heavy atom. The maximum absolute atomic E-state index is 11.8. The molecule has 0 unspecified atom stereocenters. The number of hydrogen-bond acceptors (Lipinski definition) is 4. The quantitative estimate of drug-likeness (QED) is 0.853. The zero-order chi connectivity index (χ0) is 15.8. The van der Waals surface area contributed by atoms with Crippen LogP contribution < -0.4 is 15.4 Å². The van der Waals surface area contributed by atoms with Crippen LogP contribution in [-0.4, -0.2) is 29.9 Å². The molecule has 1 aromatic heterocycles. The van der Waals surface area contributed by atoms with Crippen molar-refractivity contribution in [2.24, 2.45) is 0 Å². The normalized spacial score (nSPS) is 9.86. The van der Waals surface area contributed by atoms with Gasteiger partial charge in [-0.05, 0) is 43.3 Å². The highest BCUT2D eigenvalue weighted by Crippen LogP contribution is 2.15. The van der Waals surface area contributed by atoms with E-state index >= 15 is 0 Å². The van der Waals surface area contributed by atoms with Crippen LogP contribution in [0.25, 0.3) is 0 Å². The van der Waals surface area contributed by atoms with E-state index in [2.05, 4.69) is 15.6 Å². The van der Waals surface area contributed by atoms with Crippen LogP contribution in [0.5, 0.6) is 5.75 Å². The summed E-state index contributed by atoms with van der Waals surface area (Å²) in [5, 5.41) is 5.23. The third-order valence-electron chi connectivity index (χ3n) is 2.78. The molecule has 2 rings (SSSR count). The fourth-order valence-corrected chi connectivity index (χ4v) is 1.77. The van der Waals surface area contributed by atoms with Crippen molar-refractivity contribution >= 4 is 17.5 Å². The molecule has 0 atom stereocenters. The van der Waals surface area contributed by atoms with Crippen LogP contribution in [0, 0.1) is 0 Å². The van der Waals surface area contributed by atoms with Gasteiger partial charge in [0.2, 0.25) is 5.91 Å². The Hall–Kier alpha value is -2.89. The van der Waals surface area contributed by atoms with Crippen molar-refractivity contribution in [3.8, 4) is 5.75 Å². The van der Waals surface area contributed by atoms with E-state index in [0.717, 1.165) is 5.75 Å². The van der Waals surface area contributed by atoms with E-state index in [1.54, 1.807) is 42.6 Å². The number of nitrogens with zero attached hydrogens (tertiary/aromatic N) is 1. The smallest absolute Gasteiger partial charge is 0.253 e. The van der Waals surface area contributed by atoms with Gasteiger partial charge in [-0.25, -0.2) is 0 Å². The van der Waals surface area contributed by atoms with E-state index in [4.69, 9.17) is 4.74 Å². The number of ether oxygens (including phenoxy) is 1. The number of benzene rings is 1. The van der Waals surface area contributed by atoms with Gasteiger partial charge in [0.25, 0.3) is 5.91 Å². The molecular weight excluding hydrogens is 282 g/mol. The van der Waals surface area contributed by atoms with Crippen molar-refractivity contribution in [1.82, 2.24) is 10.3 Å². The second-order valence-corrected chi connectivity index (χ2v) is 4.43. The van der Waals surface area contributed by atoms with Crippen LogP contribution >= 0.6 is 0 Å². The molecule has 0 saturated heterocycles. The third-order valence-corrected chi connectivity index (χ3v) is 2.78. The Balaban J connectivity index is 1.81. The van der Waals surface area contributed by atoms with Gasteiger partial charge in [0.15, 0.2) is 0 Å². The highest BCUT2D eigenvalue weighted by Gasteiger charge is 2.08. The molecule has 2 amide bonds. The molecule has 0 saturated carbocycles. The summed E-state index contributed by atoms with van der Waals surface area (Å²) in [6, 6.07) is 10.3. The largest absolute Gasteiger partial charge is 0.494 e. The first-order valence-corrected chi connectivity index (χ1v) is 6.90. The van der Waals surface area contributed by atoms with Crippen LogP contribution in [0.3, 0.4) is 0 Å². The van der Waals surface area contributed by atoms with Gasteiger partial charge in [-0.2, -0.15) is 0 Å². The molecule has 22 heavy (non-hydrogen) atoms. The first-order valence-electron chi connectivity index (χ1n) is 6.90. The van der Waals surface area contributed by atoms with Crippen molar-refractivity contribution in [2.45, 2.75) is 6.92 Å². The van der Waals surface area contributed by atoms with E-state index in [9.17, 15) is 9.59 Å². The van der Waals surface area contributed by atoms with E-state index in [0.29, 0.717) is 17.9 Å². The molecule has 0 spiro atoms. The van der Waals surface area contributed by atoms with E-state index in [1.165, 1.54) is 6.20 Å². The average Bonchev–Trinajstić information content (AvgIpc) is 2.55. The predicted molar refractivity (Wildman–Crippen MR) is 82.8 cm³/mol. The number of amides is 2. The SMILES string of the molecule is CCOc1ccc(NC(=O)CNC(=O)c2cccnc2)cc1. The third kappa shape index (κ3) is 4.59. The van der Waals surface area contributed by atoms with E-state index in [-0.39, 0.29) is 18.4 Å². The van der Waals surface area contributed by atoms with Gasteiger partial charge in [-0.1, -0.05) is 0 Å². The summed E-state index contributed by atoms with van der Waals surface area (Å²) in [6.45, 7) is 2.38. The summed E-state index contributed by atoms with van der Waals surface area (Å²) >= 11 is 0. The standard InChI is InChI=1S/C16H17N3O3/c1-2-22-14-7-5-13(6-8-14)19-15(20)11-18-16(21)12-4-3-9-17-10-12/h3-10H,2,11H2,1H3,(H,18,21)(H,19,20). The van der Waals surface area contributed by atoms with Gasteiger partial charge in [0.1, 0.15) is 5.75 Å². The molecule has 2 aromatic rings. The maximum Gasteiger partial charge on any atom is 0.253 e. The molecule has 6 nitrogen and oxygen atoms in total. The number of carbonyl (C=O) groups is 2. The van der Waals surface area contributed by atoms with Crippen LogP contribution in [0.15, 0.2) is 48.8 Å². The predicted octanol–water partition coefficient (Wildman–Crippen LogP) is 1.85. The number of anilines is 1. The first-order chi connectivity index (χ1) is 10.7. The summed E-state index contributed by atoms with van der Waals surface area (Å²) in [5.74, 6) is 0.0988. The Bertz CT molecular complexity index is 627. The lowest BCUT2D eigenvalue weighted by Gasteiger charge is -2.08. The monoisotopic (exact) mass is 299 g/mol. The minimum absolute atomic E-state index is 0.110. The summed E-state index contributed by atoms with van der Waals surface area (Å²) in [7, 11) is 0. The zero-order valence-corrected chi connectivity index (χ0v) is 12.2. The summed E-state index contributed by atoms with van der Waals surface area (Å²) < 4.78 is 5.32. The fourth-order valence-electron chi connectivity index (χ4n) is 1.77. The van der Waals surface area contributed by atoms with Crippen LogP contribution in [0.1, 0.15) is 17.3 Å². The Morgan fingerprint density at radius 1 is 1.18 bits per heavy atom. The lowest BCUT2D eigenvalue weighted by atomic mass is 10.2. The number of carbonyl (C=O) groups excluding carboxylic acids is 2. The second-order valence-electron chi connectivity index (χ2n) is 4.43. The molecule has 0 radical (unpaired) electrons. The first kappa shape index (κ1) is 15.5. The zero-order valence-electron chi connectivity index (χ0n) is 12.2. The molecule has 114 valence electrons. The highest BCUT2D eigenvalue weighted by molar-refractivity contribution is 5.99. The summed E-state index contributed by atoms with van der Waals surface area (Å²) in [4.78, 5) is 27.4. The van der Waals surface area contributed by atoms with E-state index < -0.39 is 0 Å². The number of rotatable bonds is 6. The lowest BCUT2D eigenvalue weighted by Crippen LogP contribution is -2.32. The number of nitrogens with one attached hydrogen (secondary N) is 2. The number of hydrogen-bond donors (Lipinski definition) is 2. The average molecular weight is 299 g/mol. The lowest BCUT2D eigenvalue weighted by molar-refractivity contribution is -0.115. The molecule has 0 fully saturated rings. The minimum Gasteiger partial charge on any atom is -0.494 e. The molecule has 0 aliphatic carbocycles. The van der Waals surface area contributed by atoms with Crippen LogP contribution in [0.2, 0.25) is 0 Å². The summed E-state index contributed by atoms with van der Waals surface area (Å²) in [6.07, 6.45) is 3.02. The van der Waals surface area contributed by atoms with Gasteiger partial charge >= 0.3 is 0 Å². The van der Waals surface area contributed by atoms with Crippen LogP contribution in [0.4, 0.5) is 5.69 Å². The molecule has 2 N–H and O–H groups in total. The molecule has 1 aromatic carbocycles.